The molecule has 0 bridgehead atoms. The zero-order valence-electron chi connectivity index (χ0n) is 12.3. The van der Waals surface area contributed by atoms with Crippen LogP contribution in [0.2, 0.25) is 0 Å². The molecule has 4 heteroatoms. The van der Waals surface area contributed by atoms with Gasteiger partial charge in [0.05, 0.1) is 0 Å². The van der Waals surface area contributed by atoms with E-state index in [1.54, 1.807) is 6.07 Å². The van der Waals surface area contributed by atoms with Crippen molar-refractivity contribution in [3.05, 3.63) is 70.3 Å². The number of benzene rings is 2. The molecule has 2 rings (SSSR count). The predicted octanol–water partition coefficient (Wildman–Crippen LogP) is 3.20. The lowest BCUT2D eigenvalue weighted by Gasteiger charge is -2.17. The van der Waals surface area contributed by atoms with E-state index < -0.39 is 11.6 Å². The van der Waals surface area contributed by atoms with Crippen LogP contribution in [0.25, 0.3) is 0 Å². The zero-order valence-corrected chi connectivity index (χ0v) is 12.3. The van der Waals surface area contributed by atoms with Crippen LogP contribution < -0.4 is 11.3 Å². The van der Waals surface area contributed by atoms with E-state index in [0.29, 0.717) is 18.4 Å². The average molecular weight is 290 g/mol. The third kappa shape index (κ3) is 4.09. The molecule has 0 aliphatic heterocycles. The summed E-state index contributed by atoms with van der Waals surface area (Å²) in [5.74, 6) is 3.95. The van der Waals surface area contributed by atoms with Crippen molar-refractivity contribution in [2.45, 2.75) is 32.7 Å². The lowest BCUT2D eigenvalue weighted by molar-refractivity contribution is 0.474. The van der Waals surface area contributed by atoms with Gasteiger partial charge in [-0.3, -0.25) is 11.3 Å². The van der Waals surface area contributed by atoms with Gasteiger partial charge in [-0.05, 0) is 43.9 Å². The van der Waals surface area contributed by atoms with Gasteiger partial charge in [0.2, 0.25) is 0 Å². The Morgan fingerprint density at radius 1 is 1.05 bits per heavy atom. The number of rotatable bonds is 5. The summed E-state index contributed by atoms with van der Waals surface area (Å²) in [5.41, 5.74) is 6.52. The van der Waals surface area contributed by atoms with Crippen molar-refractivity contribution in [2.24, 2.45) is 5.84 Å². The van der Waals surface area contributed by atoms with Gasteiger partial charge in [-0.25, -0.2) is 8.78 Å². The molecule has 2 aromatic carbocycles. The molecule has 0 aliphatic rings. The molecule has 0 aromatic heterocycles. The third-order valence-electron chi connectivity index (χ3n) is 3.50. The molecule has 0 saturated heterocycles. The Kier molecular flexibility index (Phi) is 5.04. The van der Waals surface area contributed by atoms with Crippen LogP contribution >= 0.6 is 0 Å². The average Bonchev–Trinajstić information content (AvgIpc) is 2.42. The van der Waals surface area contributed by atoms with E-state index in [-0.39, 0.29) is 6.04 Å². The summed E-state index contributed by atoms with van der Waals surface area (Å²) in [7, 11) is 0. The molecule has 3 N–H and O–H groups in total. The fourth-order valence-electron chi connectivity index (χ4n) is 2.63. The van der Waals surface area contributed by atoms with Crippen molar-refractivity contribution in [3.8, 4) is 0 Å². The van der Waals surface area contributed by atoms with Crippen LogP contribution in [0.5, 0.6) is 0 Å². The molecule has 0 amide bonds. The zero-order chi connectivity index (χ0) is 15.4. The molecular formula is C17H20F2N2. The van der Waals surface area contributed by atoms with E-state index in [4.69, 9.17) is 5.84 Å². The largest absolute Gasteiger partial charge is 0.271 e. The van der Waals surface area contributed by atoms with E-state index in [0.717, 1.165) is 11.6 Å². The number of aryl methyl sites for hydroxylation is 2. The standard InChI is InChI=1S/C17H20F2N2/c1-11-6-12(2)8-13(7-11)9-15(21-20)10-14-4-3-5-16(18)17(14)19/h3-8,15,21H,9-10,20H2,1-2H3. The Bertz CT molecular complexity index is 606. The SMILES string of the molecule is Cc1cc(C)cc(CC(Cc2cccc(F)c2F)NN)c1. The summed E-state index contributed by atoms with van der Waals surface area (Å²) in [6.07, 6.45) is 1.00. The fraction of sp³-hybridized carbons (Fsp3) is 0.294. The highest BCUT2D eigenvalue weighted by atomic mass is 19.2. The predicted molar refractivity (Wildman–Crippen MR) is 80.8 cm³/mol. The van der Waals surface area contributed by atoms with Crippen molar-refractivity contribution >= 4 is 0 Å². The van der Waals surface area contributed by atoms with E-state index in [2.05, 4.69) is 23.6 Å². The number of hydrogen-bond acceptors (Lipinski definition) is 2. The van der Waals surface area contributed by atoms with Gasteiger partial charge in [-0.15, -0.1) is 0 Å². The first-order chi connectivity index (χ1) is 9.99. The molecule has 21 heavy (non-hydrogen) atoms. The topological polar surface area (TPSA) is 38.0 Å². The number of hydrogen-bond donors (Lipinski definition) is 2. The normalized spacial score (nSPS) is 12.4. The van der Waals surface area contributed by atoms with Gasteiger partial charge in [0.25, 0.3) is 0 Å². The second kappa shape index (κ2) is 6.78. The maximum Gasteiger partial charge on any atom is 0.162 e. The van der Waals surface area contributed by atoms with Gasteiger partial charge in [-0.2, -0.15) is 0 Å². The number of halogens is 2. The fourth-order valence-corrected chi connectivity index (χ4v) is 2.63. The molecule has 0 radical (unpaired) electrons. The minimum atomic E-state index is -0.824. The monoisotopic (exact) mass is 290 g/mol. The molecule has 0 fully saturated rings. The van der Waals surface area contributed by atoms with Crippen molar-refractivity contribution in [1.29, 1.82) is 0 Å². The van der Waals surface area contributed by atoms with Gasteiger partial charge in [0.1, 0.15) is 0 Å². The summed E-state index contributed by atoms with van der Waals surface area (Å²) < 4.78 is 27.0. The Morgan fingerprint density at radius 3 is 2.33 bits per heavy atom. The minimum absolute atomic E-state index is 0.150. The first-order valence-electron chi connectivity index (χ1n) is 6.95. The molecule has 2 nitrogen and oxygen atoms in total. The van der Waals surface area contributed by atoms with Crippen LogP contribution in [0.1, 0.15) is 22.3 Å². The highest BCUT2D eigenvalue weighted by Crippen LogP contribution is 2.16. The number of nitrogens with two attached hydrogens (primary N) is 1. The van der Waals surface area contributed by atoms with Crippen LogP contribution in [-0.2, 0) is 12.8 Å². The molecular weight excluding hydrogens is 270 g/mol. The molecule has 0 spiro atoms. The van der Waals surface area contributed by atoms with Crippen molar-refractivity contribution in [1.82, 2.24) is 5.43 Å². The highest BCUT2D eigenvalue weighted by Gasteiger charge is 2.14. The van der Waals surface area contributed by atoms with Crippen molar-refractivity contribution < 1.29 is 8.78 Å². The van der Waals surface area contributed by atoms with Gasteiger partial charge in [0.15, 0.2) is 11.6 Å². The van der Waals surface area contributed by atoms with Gasteiger partial charge in [0, 0.05) is 6.04 Å². The first-order valence-corrected chi connectivity index (χ1v) is 6.95. The van der Waals surface area contributed by atoms with Crippen molar-refractivity contribution in [2.75, 3.05) is 0 Å². The Labute approximate surface area is 124 Å². The van der Waals surface area contributed by atoms with E-state index >= 15 is 0 Å². The summed E-state index contributed by atoms with van der Waals surface area (Å²) >= 11 is 0. The van der Waals surface area contributed by atoms with Crippen molar-refractivity contribution in [3.63, 3.8) is 0 Å². The highest BCUT2D eigenvalue weighted by molar-refractivity contribution is 5.29. The molecule has 1 atom stereocenters. The summed E-state index contributed by atoms with van der Waals surface area (Å²) in [6, 6.07) is 10.3. The second-order valence-corrected chi connectivity index (χ2v) is 5.48. The number of nitrogens with one attached hydrogen (secondary N) is 1. The van der Waals surface area contributed by atoms with Gasteiger partial charge < -0.3 is 0 Å². The summed E-state index contributed by atoms with van der Waals surface area (Å²) in [6.45, 7) is 4.07. The van der Waals surface area contributed by atoms with Gasteiger partial charge >= 0.3 is 0 Å². The Morgan fingerprint density at radius 2 is 1.71 bits per heavy atom. The third-order valence-corrected chi connectivity index (χ3v) is 3.50. The van der Waals surface area contributed by atoms with Crippen LogP contribution in [0.4, 0.5) is 8.78 Å². The summed E-state index contributed by atoms with van der Waals surface area (Å²) in [4.78, 5) is 0. The molecule has 0 saturated carbocycles. The smallest absolute Gasteiger partial charge is 0.162 e. The number of hydrazine groups is 1. The van der Waals surface area contributed by atoms with Crippen LogP contribution in [0.3, 0.4) is 0 Å². The second-order valence-electron chi connectivity index (χ2n) is 5.48. The van der Waals surface area contributed by atoms with Gasteiger partial charge in [-0.1, -0.05) is 41.5 Å². The molecule has 2 aromatic rings. The lowest BCUT2D eigenvalue weighted by atomic mass is 9.97. The Balaban J connectivity index is 2.15. The van der Waals surface area contributed by atoms with E-state index in [9.17, 15) is 8.78 Å². The quantitative estimate of drug-likeness (QED) is 0.655. The molecule has 0 aliphatic carbocycles. The Hall–Kier alpha value is -1.78. The van der Waals surface area contributed by atoms with Crippen LogP contribution in [-0.4, -0.2) is 6.04 Å². The van der Waals surface area contributed by atoms with Crippen LogP contribution in [0.15, 0.2) is 36.4 Å². The lowest BCUT2D eigenvalue weighted by Crippen LogP contribution is -2.38. The van der Waals surface area contributed by atoms with E-state index in [1.807, 2.05) is 13.8 Å². The molecule has 112 valence electrons. The van der Waals surface area contributed by atoms with Crippen LogP contribution in [0, 0.1) is 25.5 Å². The molecule has 0 heterocycles. The minimum Gasteiger partial charge on any atom is -0.271 e. The maximum atomic E-state index is 13.7. The summed E-state index contributed by atoms with van der Waals surface area (Å²) in [5, 5.41) is 0. The molecule has 1 unspecified atom stereocenters. The van der Waals surface area contributed by atoms with E-state index in [1.165, 1.54) is 17.2 Å². The first kappa shape index (κ1) is 15.6. The maximum absolute atomic E-state index is 13.7.